The van der Waals surface area contributed by atoms with Gasteiger partial charge in [-0.25, -0.2) is 0 Å². The van der Waals surface area contributed by atoms with Crippen LogP contribution in [-0.2, 0) is 13.9 Å². The molecule has 0 spiro atoms. The number of ether oxygens (including phenoxy) is 2. The molecule has 0 fully saturated rings. The highest BCUT2D eigenvalue weighted by atomic mass is 28.2. The molecule has 0 amide bonds. The molecule has 4 nitrogen and oxygen atoms in total. The van der Waals surface area contributed by atoms with Gasteiger partial charge < -0.3 is 19.6 Å². The highest BCUT2D eigenvalue weighted by Crippen LogP contribution is 2.31. The maximum atomic E-state index is 5.99. The predicted molar refractivity (Wildman–Crippen MR) is 73.7 cm³/mol. The van der Waals surface area contributed by atoms with Crippen LogP contribution in [-0.4, -0.2) is 34.2 Å². The van der Waals surface area contributed by atoms with Gasteiger partial charge in [0.2, 0.25) is 0 Å². The van der Waals surface area contributed by atoms with Gasteiger partial charge in [-0.2, -0.15) is 0 Å². The molecule has 0 atom stereocenters. The first kappa shape index (κ1) is 17.1. The summed E-state index contributed by atoms with van der Waals surface area (Å²) in [6.45, 7) is 12.6. The van der Waals surface area contributed by atoms with Crippen molar-refractivity contribution in [1.82, 2.24) is 0 Å². The van der Waals surface area contributed by atoms with E-state index in [0.717, 1.165) is 6.42 Å². The number of nitrogens with two attached hydrogens (primary N) is 1. The lowest BCUT2D eigenvalue weighted by molar-refractivity contribution is -0.400. The summed E-state index contributed by atoms with van der Waals surface area (Å²) in [6.07, 6.45) is 1.47. The smallest absolute Gasteiger partial charge is 0.273 e. The third-order valence-electron chi connectivity index (χ3n) is 1.92. The van der Waals surface area contributed by atoms with Crippen LogP contribution in [0.3, 0.4) is 0 Å². The van der Waals surface area contributed by atoms with Crippen LogP contribution in [0.15, 0.2) is 0 Å². The SMILES string of the molecule is CC(C)(C)OC(CCCN)(O[SiH3])OC(C)(C)C. The first-order chi connectivity index (χ1) is 7.54. The largest absolute Gasteiger partial charge is 0.380 e. The molecule has 0 aromatic carbocycles. The van der Waals surface area contributed by atoms with Gasteiger partial charge in [-0.05, 0) is 54.5 Å². The fraction of sp³-hybridized carbons (Fsp3) is 1.00. The third kappa shape index (κ3) is 7.89. The summed E-state index contributed by atoms with van der Waals surface area (Å²) in [5.74, 6) is -0.956. The molecule has 0 heterocycles. The van der Waals surface area contributed by atoms with E-state index in [2.05, 4.69) is 0 Å². The average molecular weight is 263 g/mol. The van der Waals surface area contributed by atoms with Crippen LogP contribution in [0, 0.1) is 0 Å². The van der Waals surface area contributed by atoms with Crippen LogP contribution in [0.2, 0.25) is 0 Å². The molecule has 0 aliphatic rings. The molecule has 0 saturated carbocycles. The Morgan fingerprint density at radius 2 is 1.35 bits per heavy atom. The summed E-state index contributed by atoms with van der Waals surface area (Å²) in [4.78, 5) is 0. The molecule has 0 saturated heterocycles. The lowest BCUT2D eigenvalue weighted by Gasteiger charge is -2.42. The van der Waals surface area contributed by atoms with Crippen molar-refractivity contribution in [3.05, 3.63) is 0 Å². The minimum absolute atomic E-state index is 0.315. The molecular weight excluding hydrogens is 234 g/mol. The van der Waals surface area contributed by atoms with Gasteiger partial charge in [0.1, 0.15) is 0 Å². The van der Waals surface area contributed by atoms with Crippen LogP contribution >= 0.6 is 0 Å². The zero-order valence-corrected chi connectivity index (χ0v) is 14.4. The topological polar surface area (TPSA) is 53.7 Å². The van der Waals surface area contributed by atoms with Crippen LogP contribution in [0.4, 0.5) is 0 Å². The van der Waals surface area contributed by atoms with Crippen LogP contribution in [0.1, 0.15) is 54.4 Å². The van der Waals surface area contributed by atoms with Crippen LogP contribution < -0.4 is 5.73 Å². The molecule has 17 heavy (non-hydrogen) atoms. The Hall–Kier alpha value is 0.0569. The Morgan fingerprint density at radius 3 is 1.59 bits per heavy atom. The van der Waals surface area contributed by atoms with Gasteiger partial charge in [-0.1, -0.05) is 0 Å². The van der Waals surface area contributed by atoms with Gasteiger partial charge in [-0.15, -0.1) is 0 Å². The van der Waals surface area contributed by atoms with Crippen molar-refractivity contribution in [2.75, 3.05) is 6.54 Å². The lowest BCUT2D eigenvalue weighted by atomic mass is 10.1. The van der Waals surface area contributed by atoms with Gasteiger partial charge in [0, 0.05) is 6.42 Å². The average Bonchev–Trinajstić information content (AvgIpc) is 2.09. The van der Waals surface area contributed by atoms with Crippen LogP contribution in [0.25, 0.3) is 0 Å². The summed E-state index contributed by atoms with van der Waals surface area (Å²) in [7, 11) is 0.559. The maximum Gasteiger partial charge on any atom is 0.273 e. The van der Waals surface area contributed by atoms with Gasteiger partial charge >= 0.3 is 0 Å². The maximum absolute atomic E-state index is 5.99. The lowest BCUT2D eigenvalue weighted by Crippen LogP contribution is -2.48. The van der Waals surface area contributed by atoms with Gasteiger partial charge in [0.05, 0.1) is 11.2 Å². The van der Waals surface area contributed by atoms with E-state index >= 15 is 0 Å². The summed E-state index contributed by atoms with van der Waals surface area (Å²) < 4.78 is 17.6. The highest BCUT2D eigenvalue weighted by Gasteiger charge is 2.39. The Morgan fingerprint density at radius 1 is 0.941 bits per heavy atom. The molecule has 104 valence electrons. The van der Waals surface area contributed by atoms with Crippen molar-refractivity contribution < 1.29 is 13.9 Å². The van der Waals surface area contributed by atoms with E-state index in [1.54, 1.807) is 0 Å². The molecule has 0 rings (SSSR count). The summed E-state index contributed by atoms with van der Waals surface area (Å²) in [5.41, 5.74) is 4.93. The molecule has 0 radical (unpaired) electrons. The van der Waals surface area contributed by atoms with E-state index in [-0.39, 0.29) is 11.2 Å². The van der Waals surface area contributed by atoms with Crippen molar-refractivity contribution in [1.29, 1.82) is 0 Å². The molecule has 0 aromatic heterocycles. The Balaban J connectivity index is 4.87. The Labute approximate surface area is 109 Å². The predicted octanol–water partition coefficient (Wildman–Crippen LogP) is 1.31. The first-order valence-corrected chi connectivity index (χ1v) is 7.01. The summed E-state index contributed by atoms with van der Waals surface area (Å²) in [6, 6.07) is 0. The second kappa shape index (κ2) is 6.29. The standard InChI is InChI=1S/C12H29NO3Si/c1-10(2,3)14-12(16-17,8-7-9-13)15-11(4,5)6/h7-9,13H2,1-6,17H3. The molecule has 0 bridgehead atoms. The molecule has 0 unspecified atom stereocenters. The van der Waals surface area contributed by atoms with Crippen molar-refractivity contribution in [3.8, 4) is 0 Å². The van der Waals surface area contributed by atoms with Crippen LogP contribution in [0.5, 0.6) is 0 Å². The fourth-order valence-electron chi connectivity index (χ4n) is 1.56. The van der Waals surface area contributed by atoms with Gasteiger partial charge in [0.15, 0.2) is 10.5 Å². The van der Waals surface area contributed by atoms with E-state index in [4.69, 9.17) is 19.6 Å². The van der Waals surface area contributed by atoms with Crippen molar-refractivity contribution in [2.24, 2.45) is 5.73 Å². The summed E-state index contributed by atoms with van der Waals surface area (Å²) >= 11 is 0. The molecule has 0 aromatic rings. The molecular formula is C12H29NO3Si. The van der Waals surface area contributed by atoms with E-state index in [1.165, 1.54) is 0 Å². The van der Waals surface area contributed by atoms with Crippen molar-refractivity contribution >= 4 is 10.5 Å². The highest BCUT2D eigenvalue weighted by molar-refractivity contribution is 5.98. The zero-order valence-electron chi connectivity index (χ0n) is 12.4. The quantitative estimate of drug-likeness (QED) is 0.580. The minimum Gasteiger partial charge on any atom is -0.380 e. The van der Waals surface area contributed by atoms with E-state index < -0.39 is 5.97 Å². The fourth-order valence-corrected chi connectivity index (χ4v) is 1.93. The molecule has 2 N–H and O–H groups in total. The normalized spacial score (nSPS) is 14.3. The first-order valence-electron chi connectivity index (χ1n) is 6.19. The monoisotopic (exact) mass is 263 g/mol. The molecule has 0 aliphatic carbocycles. The molecule has 5 heteroatoms. The second-order valence-electron chi connectivity index (χ2n) is 6.21. The van der Waals surface area contributed by atoms with E-state index in [0.29, 0.717) is 23.5 Å². The Bertz CT molecular complexity index is 205. The van der Waals surface area contributed by atoms with E-state index in [1.807, 2.05) is 41.5 Å². The number of rotatable bonds is 6. The van der Waals surface area contributed by atoms with Crippen molar-refractivity contribution in [2.45, 2.75) is 71.6 Å². The zero-order chi connectivity index (χ0) is 13.7. The van der Waals surface area contributed by atoms with Gasteiger partial charge in [0.25, 0.3) is 5.97 Å². The van der Waals surface area contributed by atoms with Crippen molar-refractivity contribution in [3.63, 3.8) is 0 Å². The second-order valence-corrected chi connectivity index (χ2v) is 6.62. The number of hydrogen-bond donors (Lipinski definition) is 1. The Kier molecular flexibility index (Phi) is 6.31. The minimum atomic E-state index is -0.956. The molecule has 0 aliphatic heterocycles. The van der Waals surface area contributed by atoms with E-state index in [9.17, 15) is 0 Å². The van der Waals surface area contributed by atoms with Gasteiger partial charge in [-0.3, -0.25) is 0 Å². The summed E-state index contributed by atoms with van der Waals surface area (Å²) in [5, 5.41) is 0. The number of hydrogen-bond acceptors (Lipinski definition) is 4. The third-order valence-corrected chi connectivity index (χ3v) is 2.54.